The first-order valence-corrected chi connectivity index (χ1v) is 8.27. The fourth-order valence-electron chi connectivity index (χ4n) is 1.97. The van der Waals surface area contributed by atoms with Gasteiger partial charge < -0.3 is 5.32 Å². The van der Waals surface area contributed by atoms with Crippen LogP contribution in [-0.2, 0) is 6.54 Å². The van der Waals surface area contributed by atoms with Crippen molar-refractivity contribution in [3.63, 3.8) is 0 Å². The molecule has 2 aromatic heterocycles. The van der Waals surface area contributed by atoms with Crippen molar-refractivity contribution >= 4 is 28.6 Å². The maximum absolute atomic E-state index is 12.3. The fourth-order valence-corrected chi connectivity index (χ4v) is 3.75. The van der Waals surface area contributed by atoms with Crippen molar-refractivity contribution < 1.29 is 4.79 Å². The van der Waals surface area contributed by atoms with E-state index in [0.717, 1.165) is 21.1 Å². The molecule has 5 heteroatoms. The molecule has 2 heterocycles. The molecule has 0 unspecified atom stereocenters. The molecule has 0 bridgehead atoms. The van der Waals surface area contributed by atoms with Crippen molar-refractivity contribution in [2.45, 2.75) is 13.5 Å². The number of benzene rings is 1. The Morgan fingerprint density at radius 3 is 2.71 bits per heavy atom. The Morgan fingerprint density at radius 2 is 2.00 bits per heavy atom. The third-order valence-corrected chi connectivity index (χ3v) is 5.23. The Balaban J connectivity index is 1.73. The van der Waals surface area contributed by atoms with Gasteiger partial charge in [0.1, 0.15) is 9.88 Å². The summed E-state index contributed by atoms with van der Waals surface area (Å²) in [5.74, 6) is -0.0586. The van der Waals surface area contributed by atoms with E-state index in [9.17, 15) is 4.79 Å². The van der Waals surface area contributed by atoms with Crippen molar-refractivity contribution in [3.05, 3.63) is 64.0 Å². The summed E-state index contributed by atoms with van der Waals surface area (Å²) in [4.78, 5) is 18.6. The van der Waals surface area contributed by atoms with Gasteiger partial charge in [0.25, 0.3) is 5.91 Å². The van der Waals surface area contributed by atoms with Crippen LogP contribution in [0.2, 0.25) is 0 Å². The minimum Gasteiger partial charge on any atom is -0.347 e. The second-order valence-electron chi connectivity index (χ2n) is 4.58. The van der Waals surface area contributed by atoms with E-state index in [4.69, 9.17) is 0 Å². The van der Waals surface area contributed by atoms with Crippen molar-refractivity contribution in [3.8, 4) is 9.88 Å². The van der Waals surface area contributed by atoms with Gasteiger partial charge in [-0.1, -0.05) is 36.4 Å². The lowest BCUT2D eigenvalue weighted by molar-refractivity contribution is 0.0954. The van der Waals surface area contributed by atoms with E-state index in [1.54, 1.807) is 11.3 Å². The highest BCUT2D eigenvalue weighted by Gasteiger charge is 2.16. The lowest BCUT2D eigenvalue weighted by atomic mass is 10.2. The van der Waals surface area contributed by atoms with Crippen LogP contribution in [0.4, 0.5) is 0 Å². The predicted molar refractivity (Wildman–Crippen MR) is 87.8 cm³/mol. The van der Waals surface area contributed by atoms with E-state index in [-0.39, 0.29) is 5.91 Å². The van der Waals surface area contributed by atoms with Gasteiger partial charge in [-0.15, -0.1) is 22.7 Å². The molecule has 1 amide bonds. The molecule has 0 radical (unpaired) electrons. The second kappa shape index (κ2) is 6.20. The van der Waals surface area contributed by atoms with Gasteiger partial charge in [0.05, 0.1) is 10.6 Å². The summed E-state index contributed by atoms with van der Waals surface area (Å²) in [6.45, 7) is 2.41. The minimum atomic E-state index is -0.0586. The van der Waals surface area contributed by atoms with Gasteiger partial charge in [-0.05, 0) is 23.9 Å². The van der Waals surface area contributed by atoms with Gasteiger partial charge in [0.15, 0.2) is 0 Å². The molecule has 0 saturated heterocycles. The van der Waals surface area contributed by atoms with Crippen molar-refractivity contribution in [2.24, 2.45) is 0 Å². The summed E-state index contributed by atoms with van der Waals surface area (Å²) in [6.07, 6.45) is 0. The minimum absolute atomic E-state index is 0.0586. The van der Waals surface area contributed by atoms with Crippen LogP contribution >= 0.6 is 22.7 Å². The van der Waals surface area contributed by atoms with Crippen molar-refractivity contribution in [2.75, 3.05) is 0 Å². The van der Waals surface area contributed by atoms with Crippen LogP contribution in [0.5, 0.6) is 0 Å². The third kappa shape index (κ3) is 3.20. The highest BCUT2D eigenvalue weighted by Crippen LogP contribution is 2.30. The fraction of sp³-hybridized carbons (Fsp3) is 0.125. The zero-order chi connectivity index (χ0) is 14.7. The van der Waals surface area contributed by atoms with Crippen molar-refractivity contribution in [1.82, 2.24) is 10.3 Å². The van der Waals surface area contributed by atoms with Gasteiger partial charge in [-0.2, -0.15) is 0 Å². The van der Waals surface area contributed by atoms with Crippen molar-refractivity contribution in [1.29, 1.82) is 0 Å². The van der Waals surface area contributed by atoms with Crippen LogP contribution in [0.15, 0.2) is 47.8 Å². The Morgan fingerprint density at radius 1 is 1.19 bits per heavy atom. The van der Waals surface area contributed by atoms with E-state index in [0.29, 0.717) is 11.4 Å². The first kappa shape index (κ1) is 14.0. The average Bonchev–Trinajstić information content (AvgIpc) is 3.15. The zero-order valence-corrected chi connectivity index (χ0v) is 13.1. The number of hydrogen-bond acceptors (Lipinski definition) is 4. The molecule has 1 N–H and O–H groups in total. The number of carbonyl (C=O) groups is 1. The Hall–Kier alpha value is -1.98. The van der Waals surface area contributed by atoms with E-state index in [1.165, 1.54) is 11.3 Å². The topological polar surface area (TPSA) is 42.0 Å². The van der Waals surface area contributed by atoms with Gasteiger partial charge in [0.2, 0.25) is 0 Å². The molecule has 0 aliphatic heterocycles. The second-order valence-corrected chi connectivity index (χ2v) is 6.53. The van der Waals surface area contributed by atoms with E-state index >= 15 is 0 Å². The summed E-state index contributed by atoms with van der Waals surface area (Å²) in [5, 5.41) is 5.87. The lowest BCUT2D eigenvalue weighted by Gasteiger charge is -2.03. The highest BCUT2D eigenvalue weighted by molar-refractivity contribution is 7.22. The summed E-state index contributed by atoms with van der Waals surface area (Å²) in [5.41, 5.74) is 1.88. The predicted octanol–water partition coefficient (Wildman–Crippen LogP) is 4.11. The number of nitrogens with one attached hydrogen (secondary N) is 1. The van der Waals surface area contributed by atoms with Crippen LogP contribution in [0.1, 0.15) is 20.9 Å². The Labute approximate surface area is 131 Å². The Kier molecular flexibility index (Phi) is 4.13. The van der Waals surface area contributed by atoms with Gasteiger partial charge in [-0.25, -0.2) is 4.98 Å². The number of carbonyl (C=O) groups excluding carboxylic acids is 1. The normalized spacial score (nSPS) is 10.5. The van der Waals surface area contributed by atoms with Crippen LogP contribution in [0, 0.1) is 6.92 Å². The van der Waals surface area contributed by atoms with Crippen LogP contribution in [0.25, 0.3) is 9.88 Å². The van der Waals surface area contributed by atoms with Gasteiger partial charge in [-0.3, -0.25) is 4.79 Å². The first-order valence-electron chi connectivity index (χ1n) is 6.57. The largest absolute Gasteiger partial charge is 0.347 e. The van der Waals surface area contributed by atoms with Crippen LogP contribution in [-0.4, -0.2) is 10.9 Å². The summed E-state index contributed by atoms with van der Waals surface area (Å²) in [7, 11) is 0. The Bertz CT molecular complexity index is 733. The molecule has 0 aliphatic carbocycles. The number of amides is 1. The summed E-state index contributed by atoms with van der Waals surface area (Å²) < 4.78 is 0. The number of hydrogen-bond donors (Lipinski definition) is 1. The molecule has 0 spiro atoms. The molecule has 0 saturated carbocycles. The number of thiophene rings is 1. The SMILES string of the molecule is Cc1nc(-c2cccs2)sc1C(=O)NCc1ccccc1. The zero-order valence-electron chi connectivity index (χ0n) is 11.5. The molecular formula is C16H14N2OS2. The summed E-state index contributed by atoms with van der Waals surface area (Å²) >= 11 is 3.08. The number of nitrogens with zero attached hydrogens (tertiary/aromatic N) is 1. The smallest absolute Gasteiger partial charge is 0.263 e. The third-order valence-electron chi connectivity index (χ3n) is 3.03. The highest BCUT2D eigenvalue weighted by atomic mass is 32.1. The number of thiazole rings is 1. The molecular weight excluding hydrogens is 300 g/mol. The quantitative estimate of drug-likeness (QED) is 0.787. The molecule has 3 rings (SSSR count). The molecule has 0 aliphatic rings. The van der Waals surface area contributed by atoms with E-state index in [1.807, 2.05) is 54.8 Å². The first-order chi connectivity index (χ1) is 10.2. The summed E-state index contributed by atoms with van der Waals surface area (Å²) in [6, 6.07) is 13.9. The molecule has 21 heavy (non-hydrogen) atoms. The molecule has 3 nitrogen and oxygen atoms in total. The maximum Gasteiger partial charge on any atom is 0.263 e. The van der Waals surface area contributed by atoms with E-state index < -0.39 is 0 Å². The molecule has 0 atom stereocenters. The van der Waals surface area contributed by atoms with Gasteiger partial charge in [0, 0.05) is 6.54 Å². The molecule has 1 aromatic carbocycles. The standard InChI is InChI=1S/C16H14N2OS2/c1-11-14(21-16(18-11)13-8-5-9-20-13)15(19)17-10-12-6-3-2-4-7-12/h2-9H,10H2,1H3,(H,17,19). The number of aromatic nitrogens is 1. The van der Waals surface area contributed by atoms with Gasteiger partial charge >= 0.3 is 0 Å². The lowest BCUT2D eigenvalue weighted by Crippen LogP contribution is -2.22. The molecule has 0 fully saturated rings. The number of rotatable bonds is 4. The van der Waals surface area contributed by atoms with Crippen LogP contribution < -0.4 is 5.32 Å². The molecule has 3 aromatic rings. The number of aryl methyl sites for hydroxylation is 1. The average molecular weight is 314 g/mol. The van der Waals surface area contributed by atoms with Crippen LogP contribution in [0.3, 0.4) is 0 Å². The molecule has 106 valence electrons. The monoisotopic (exact) mass is 314 g/mol. The maximum atomic E-state index is 12.3. The van der Waals surface area contributed by atoms with E-state index in [2.05, 4.69) is 10.3 Å².